The van der Waals surface area contributed by atoms with Crippen LogP contribution in [0.5, 0.6) is 0 Å². The molecule has 2 unspecified atom stereocenters. The fourth-order valence-corrected chi connectivity index (χ4v) is 4.93. The topological polar surface area (TPSA) is 23.5 Å². The Kier molecular flexibility index (Phi) is 3.68. The third kappa shape index (κ3) is 2.58. The SMILES string of the molecule is CC1(C)CCCC(N2CCC3(CCCC3)CC2)C1O. The van der Waals surface area contributed by atoms with E-state index in [-0.39, 0.29) is 11.5 Å². The largest absolute Gasteiger partial charge is 0.391 e. The van der Waals surface area contributed by atoms with Gasteiger partial charge in [-0.05, 0) is 62.4 Å². The first-order valence-corrected chi connectivity index (χ1v) is 8.45. The summed E-state index contributed by atoms with van der Waals surface area (Å²) in [5.74, 6) is 0. The van der Waals surface area contributed by atoms with Gasteiger partial charge < -0.3 is 5.11 Å². The zero-order chi connectivity index (χ0) is 13.5. The average molecular weight is 265 g/mol. The van der Waals surface area contributed by atoms with Gasteiger partial charge in [0.05, 0.1) is 6.10 Å². The first-order valence-electron chi connectivity index (χ1n) is 8.45. The summed E-state index contributed by atoms with van der Waals surface area (Å²) in [6.45, 7) is 6.95. The first kappa shape index (κ1) is 13.9. The summed E-state index contributed by atoms with van der Waals surface area (Å²) in [6, 6.07) is 0.433. The fraction of sp³-hybridized carbons (Fsp3) is 1.00. The molecule has 1 spiro atoms. The van der Waals surface area contributed by atoms with E-state index < -0.39 is 0 Å². The van der Waals surface area contributed by atoms with Crippen LogP contribution in [0.2, 0.25) is 0 Å². The molecule has 110 valence electrons. The zero-order valence-electron chi connectivity index (χ0n) is 12.8. The highest BCUT2D eigenvalue weighted by atomic mass is 16.3. The third-order valence-electron chi connectivity index (χ3n) is 6.48. The molecule has 1 aliphatic heterocycles. The molecule has 0 aromatic carbocycles. The second kappa shape index (κ2) is 5.04. The lowest BCUT2D eigenvalue weighted by molar-refractivity contribution is -0.0712. The highest BCUT2D eigenvalue weighted by Gasteiger charge is 2.44. The van der Waals surface area contributed by atoms with Crippen molar-refractivity contribution in [2.75, 3.05) is 13.1 Å². The molecule has 19 heavy (non-hydrogen) atoms. The van der Waals surface area contributed by atoms with E-state index in [0.717, 1.165) is 0 Å². The number of likely N-dealkylation sites (tertiary alicyclic amines) is 1. The van der Waals surface area contributed by atoms with E-state index in [4.69, 9.17) is 0 Å². The smallest absolute Gasteiger partial charge is 0.0746 e. The number of aliphatic hydroxyl groups is 1. The third-order valence-corrected chi connectivity index (χ3v) is 6.48. The van der Waals surface area contributed by atoms with Gasteiger partial charge in [-0.3, -0.25) is 4.90 Å². The van der Waals surface area contributed by atoms with E-state index in [1.807, 2.05) is 0 Å². The minimum absolute atomic E-state index is 0.116. The number of hydrogen-bond donors (Lipinski definition) is 1. The van der Waals surface area contributed by atoms with E-state index >= 15 is 0 Å². The van der Waals surface area contributed by atoms with Crippen LogP contribution in [0, 0.1) is 10.8 Å². The molecule has 0 amide bonds. The average Bonchev–Trinajstić information content (AvgIpc) is 2.83. The quantitative estimate of drug-likeness (QED) is 0.783. The summed E-state index contributed by atoms with van der Waals surface area (Å²) in [5.41, 5.74) is 0.817. The molecule has 0 bridgehead atoms. The number of hydrogen-bond acceptors (Lipinski definition) is 2. The lowest BCUT2D eigenvalue weighted by Gasteiger charge is -2.49. The van der Waals surface area contributed by atoms with E-state index in [1.54, 1.807) is 0 Å². The highest BCUT2D eigenvalue weighted by Crippen LogP contribution is 2.47. The molecule has 3 aliphatic rings. The Morgan fingerprint density at radius 1 is 0.895 bits per heavy atom. The number of rotatable bonds is 1. The van der Waals surface area contributed by atoms with Crippen molar-refractivity contribution < 1.29 is 5.11 Å². The minimum Gasteiger partial charge on any atom is -0.391 e. The molecular weight excluding hydrogens is 234 g/mol. The highest BCUT2D eigenvalue weighted by molar-refractivity contribution is 4.97. The summed E-state index contributed by atoms with van der Waals surface area (Å²) in [6.07, 6.45) is 12.2. The van der Waals surface area contributed by atoms with Crippen LogP contribution in [0.4, 0.5) is 0 Å². The van der Waals surface area contributed by atoms with Crippen LogP contribution in [0.25, 0.3) is 0 Å². The van der Waals surface area contributed by atoms with Crippen molar-refractivity contribution in [1.82, 2.24) is 4.90 Å². The second-order valence-corrected chi connectivity index (χ2v) is 8.14. The van der Waals surface area contributed by atoms with Gasteiger partial charge in [-0.1, -0.05) is 33.1 Å². The number of nitrogens with zero attached hydrogens (tertiary/aromatic N) is 1. The molecule has 0 aromatic heterocycles. The number of piperidine rings is 1. The Morgan fingerprint density at radius 3 is 2.16 bits per heavy atom. The van der Waals surface area contributed by atoms with Crippen LogP contribution < -0.4 is 0 Å². The van der Waals surface area contributed by atoms with Crippen LogP contribution in [-0.4, -0.2) is 35.2 Å². The zero-order valence-corrected chi connectivity index (χ0v) is 12.8. The predicted octanol–water partition coefficient (Wildman–Crippen LogP) is 3.58. The molecule has 3 fully saturated rings. The van der Waals surface area contributed by atoms with Crippen LogP contribution >= 0.6 is 0 Å². The lowest BCUT2D eigenvalue weighted by atomic mass is 9.70. The Labute approximate surface area is 118 Å². The Morgan fingerprint density at radius 2 is 1.53 bits per heavy atom. The van der Waals surface area contributed by atoms with Gasteiger partial charge in [-0.2, -0.15) is 0 Å². The molecule has 2 heteroatoms. The molecule has 1 N–H and O–H groups in total. The molecule has 2 atom stereocenters. The van der Waals surface area contributed by atoms with E-state index in [1.165, 1.54) is 70.9 Å². The molecule has 1 saturated heterocycles. The van der Waals surface area contributed by atoms with Gasteiger partial charge in [0.1, 0.15) is 0 Å². The molecule has 0 radical (unpaired) electrons. The van der Waals surface area contributed by atoms with Crippen LogP contribution in [0.3, 0.4) is 0 Å². The fourth-order valence-electron chi connectivity index (χ4n) is 4.93. The summed E-state index contributed by atoms with van der Waals surface area (Å²) in [7, 11) is 0. The molecule has 3 rings (SSSR count). The van der Waals surface area contributed by atoms with Crippen LogP contribution in [0.1, 0.15) is 71.6 Å². The van der Waals surface area contributed by atoms with E-state index in [9.17, 15) is 5.11 Å². The standard InChI is InChI=1S/C17H31NO/c1-16(2)7-5-6-14(15(16)19)18-12-10-17(11-13-18)8-3-4-9-17/h14-15,19H,3-13H2,1-2H3. The van der Waals surface area contributed by atoms with Crippen molar-refractivity contribution in [3.63, 3.8) is 0 Å². The van der Waals surface area contributed by atoms with E-state index in [0.29, 0.717) is 11.5 Å². The van der Waals surface area contributed by atoms with E-state index in [2.05, 4.69) is 18.7 Å². The summed E-state index contributed by atoms with van der Waals surface area (Å²) in [4.78, 5) is 2.62. The second-order valence-electron chi connectivity index (χ2n) is 8.14. The van der Waals surface area contributed by atoms with Crippen LogP contribution in [0.15, 0.2) is 0 Å². The molecule has 2 aliphatic carbocycles. The van der Waals surface area contributed by atoms with Gasteiger partial charge in [-0.25, -0.2) is 0 Å². The van der Waals surface area contributed by atoms with Crippen molar-refractivity contribution >= 4 is 0 Å². The summed E-state index contributed by atoms with van der Waals surface area (Å²) < 4.78 is 0. The molecule has 0 aromatic rings. The minimum atomic E-state index is -0.126. The van der Waals surface area contributed by atoms with Crippen molar-refractivity contribution in [2.24, 2.45) is 10.8 Å². The van der Waals surface area contributed by atoms with Gasteiger partial charge in [0.25, 0.3) is 0 Å². The predicted molar refractivity (Wildman–Crippen MR) is 79.1 cm³/mol. The van der Waals surface area contributed by atoms with Gasteiger partial charge in [0, 0.05) is 6.04 Å². The van der Waals surface area contributed by atoms with Gasteiger partial charge in [-0.15, -0.1) is 0 Å². The monoisotopic (exact) mass is 265 g/mol. The van der Waals surface area contributed by atoms with Crippen molar-refractivity contribution in [3.8, 4) is 0 Å². The van der Waals surface area contributed by atoms with Crippen LogP contribution in [-0.2, 0) is 0 Å². The first-order chi connectivity index (χ1) is 9.03. The van der Waals surface area contributed by atoms with Gasteiger partial charge >= 0.3 is 0 Å². The van der Waals surface area contributed by atoms with Crippen molar-refractivity contribution in [2.45, 2.75) is 83.8 Å². The normalized spacial score (nSPS) is 38.7. The maximum absolute atomic E-state index is 10.7. The maximum atomic E-state index is 10.7. The van der Waals surface area contributed by atoms with Crippen molar-refractivity contribution in [3.05, 3.63) is 0 Å². The summed E-state index contributed by atoms with van der Waals surface area (Å²) in [5, 5.41) is 10.7. The molecule has 2 saturated carbocycles. The summed E-state index contributed by atoms with van der Waals surface area (Å²) >= 11 is 0. The molecule has 1 heterocycles. The van der Waals surface area contributed by atoms with Gasteiger partial charge in [0.2, 0.25) is 0 Å². The van der Waals surface area contributed by atoms with Gasteiger partial charge in [0.15, 0.2) is 0 Å². The Balaban J connectivity index is 1.61. The maximum Gasteiger partial charge on any atom is 0.0746 e. The number of aliphatic hydroxyl groups excluding tert-OH is 1. The Bertz CT molecular complexity index is 309. The Hall–Kier alpha value is -0.0800. The molecule has 2 nitrogen and oxygen atoms in total. The molecular formula is C17H31NO. The van der Waals surface area contributed by atoms with Crippen molar-refractivity contribution in [1.29, 1.82) is 0 Å². The lowest BCUT2D eigenvalue weighted by Crippen LogP contribution is -2.55.